The van der Waals surface area contributed by atoms with Gasteiger partial charge in [0, 0.05) is 75.6 Å². The molecule has 0 radical (unpaired) electrons. The summed E-state index contributed by atoms with van der Waals surface area (Å²) in [5.41, 5.74) is 4.87. The van der Waals surface area contributed by atoms with Crippen LogP contribution in [-0.4, -0.2) is 102 Å². The van der Waals surface area contributed by atoms with Crippen LogP contribution in [0.3, 0.4) is 0 Å². The topological polar surface area (TPSA) is 114 Å². The molecule has 0 spiro atoms. The number of hydrogen-bond donors (Lipinski definition) is 2. The molecule has 2 aliphatic heterocycles. The minimum absolute atomic E-state index is 0.0253. The third kappa shape index (κ3) is 6.78. The van der Waals surface area contributed by atoms with E-state index < -0.39 is 15.9 Å². The molecule has 11 heteroatoms. The van der Waals surface area contributed by atoms with Crippen LogP contribution in [-0.2, 0) is 23.1 Å². The van der Waals surface area contributed by atoms with E-state index in [1.165, 1.54) is 10.6 Å². The molecule has 206 valence electrons. The van der Waals surface area contributed by atoms with Gasteiger partial charge in [0.2, 0.25) is 10.0 Å². The molecule has 4 rings (SSSR count). The minimum atomic E-state index is -3.14. The summed E-state index contributed by atoms with van der Waals surface area (Å²) in [4.78, 5) is 31.5. The quantitative estimate of drug-likeness (QED) is 0.403. The molecule has 2 saturated heterocycles. The predicted octanol–water partition coefficient (Wildman–Crippen LogP) is 1.62. The number of piperazine rings is 2. The van der Waals surface area contributed by atoms with Crippen LogP contribution in [0.15, 0.2) is 48.5 Å². The normalized spacial score (nSPS) is 21.8. The fourth-order valence-electron chi connectivity index (χ4n) is 5.43. The maximum Gasteiger partial charge on any atom is 0.274 e. The molecule has 10 nitrogen and oxygen atoms in total. The molecule has 2 atom stereocenters. The van der Waals surface area contributed by atoms with Crippen LogP contribution in [0.1, 0.15) is 45.7 Å². The third-order valence-electron chi connectivity index (χ3n) is 7.36. The van der Waals surface area contributed by atoms with E-state index >= 15 is 0 Å². The second-order valence-electron chi connectivity index (χ2n) is 10.4. The number of rotatable bonds is 7. The van der Waals surface area contributed by atoms with Gasteiger partial charge in [-0.1, -0.05) is 24.3 Å². The van der Waals surface area contributed by atoms with Crippen molar-refractivity contribution in [2.75, 3.05) is 45.5 Å². The van der Waals surface area contributed by atoms with Gasteiger partial charge in [-0.15, -0.1) is 0 Å². The second kappa shape index (κ2) is 11.9. The molecule has 2 amide bonds. The highest BCUT2D eigenvalue weighted by atomic mass is 32.2. The maximum absolute atomic E-state index is 13.4. The van der Waals surface area contributed by atoms with Crippen LogP contribution >= 0.6 is 0 Å². The zero-order chi connectivity index (χ0) is 27.4. The first kappa shape index (κ1) is 28.2. The average molecular weight is 544 g/mol. The number of nitrogens with one attached hydrogen (secondary N) is 1. The molecule has 0 saturated carbocycles. The van der Waals surface area contributed by atoms with E-state index in [1.807, 2.05) is 41.3 Å². The van der Waals surface area contributed by atoms with Gasteiger partial charge in [0.05, 0.1) is 6.26 Å². The number of nitrogens with zero attached hydrogens (tertiary/aromatic N) is 4. The van der Waals surface area contributed by atoms with Gasteiger partial charge in [-0.3, -0.25) is 24.6 Å². The van der Waals surface area contributed by atoms with Crippen LogP contribution in [0.4, 0.5) is 0 Å². The molecule has 0 aliphatic carbocycles. The van der Waals surface area contributed by atoms with Crippen molar-refractivity contribution in [3.63, 3.8) is 0 Å². The lowest BCUT2D eigenvalue weighted by molar-refractivity contribution is 0.0268. The van der Waals surface area contributed by atoms with Crippen molar-refractivity contribution in [3.8, 4) is 0 Å². The molecule has 0 unspecified atom stereocenters. The first-order chi connectivity index (χ1) is 18.0. The van der Waals surface area contributed by atoms with Gasteiger partial charge in [-0.25, -0.2) is 13.9 Å². The summed E-state index contributed by atoms with van der Waals surface area (Å²) < 4.78 is 25.0. The first-order valence-corrected chi connectivity index (χ1v) is 14.7. The molecule has 2 aliphatic rings. The molecular formula is C27H37N5O5S. The third-order valence-corrected chi connectivity index (χ3v) is 8.66. The van der Waals surface area contributed by atoms with Crippen molar-refractivity contribution in [2.45, 2.75) is 39.0 Å². The van der Waals surface area contributed by atoms with Crippen molar-refractivity contribution in [1.29, 1.82) is 0 Å². The second-order valence-corrected chi connectivity index (χ2v) is 12.4. The minimum Gasteiger partial charge on any atom is -0.331 e. The molecule has 0 bridgehead atoms. The van der Waals surface area contributed by atoms with Crippen LogP contribution in [0.5, 0.6) is 0 Å². The van der Waals surface area contributed by atoms with Crippen molar-refractivity contribution >= 4 is 21.8 Å². The van der Waals surface area contributed by atoms with E-state index in [2.05, 4.69) is 23.6 Å². The fourth-order valence-corrected chi connectivity index (χ4v) is 6.25. The molecule has 2 aromatic rings. The van der Waals surface area contributed by atoms with Gasteiger partial charge in [0.15, 0.2) is 0 Å². The average Bonchev–Trinajstić information content (AvgIpc) is 2.88. The van der Waals surface area contributed by atoms with Crippen LogP contribution < -0.4 is 5.48 Å². The number of hydroxylamine groups is 1. The van der Waals surface area contributed by atoms with E-state index in [9.17, 15) is 18.0 Å². The van der Waals surface area contributed by atoms with Crippen LogP contribution in [0.2, 0.25) is 0 Å². The van der Waals surface area contributed by atoms with E-state index in [0.717, 1.165) is 30.8 Å². The van der Waals surface area contributed by atoms with E-state index in [4.69, 9.17) is 5.21 Å². The lowest BCUT2D eigenvalue weighted by Crippen LogP contribution is -2.58. The lowest BCUT2D eigenvalue weighted by atomic mass is 10.0. The summed E-state index contributed by atoms with van der Waals surface area (Å²) in [6, 6.07) is 15.0. The van der Waals surface area contributed by atoms with Gasteiger partial charge in [0.1, 0.15) is 0 Å². The Labute approximate surface area is 224 Å². The molecule has 2 aromatic carbocycles. The fraction of sp³-hybridized carbons (Fsp3) is 0.481. The van der Waals surface area contributed by atoms with Gasteiger partial charge in [-0.05, 0) is 49.2 Å². The number of hydrogen-bond acceptors (Lipinski definition) is 7. The van der Waals surface area contributed by atoms with Crippen molar-refractivity contribution < 1.29 is 23.2 Å². The highest BCUT2D eigenvalue weighted by Crippen LogP contribution is 2.22. The van der Waals surface area contributed by atoms with Crippen LogP contribution in [0.25, 0.3) is 0 Å². The number of sulfonamides is 1. The number of benzene rings is 2. The van der Waals surface area contributed by atoms with Gasteiger partial charge in [-0.2, -0.15) is 4.31 Å². The zero-order valence-electron chi connectivity index (χ0n) is 22.2. The van der Waals surface area contributed by atoms with Gasteiger partial charge in [0.25, 0.3) is 11.8 Å². The Bertz CT molecular complexity index is 1220. The summed E-state index contributed by atoms with van der Waals surface area (Å²) >= 11 is 0. The summed E-state index contributed by atoms with van der Waals surface area (Å²) in [5, 5.41) is 8.78. The van der Waals surface area contributed by atoms with Crippen molar-refractivity contribution in [1.82, 2.24) is 24.5 Å². The monoisotopic (exact) mass is 543 g/mol. The Kier molecular flexibility index (Phi) is 8.84. The molecule has 2 fully saturated rings. The molecule has 2 N–H and O–H groups in total. The number of carbonyl (C=O) groups excluding carboxylic acids is 2. The van der Waals surface area contributed by atoms with Crippen molar-refractivity contribution in [3.05, 3.63) is 70.8 Å². The Morgan fingerprint density at radius 1 is 0.816 bits per heavy atom. The Balaban J connectivity index is 1.31. The predicted molar refractivity (Wildman–Crippen MR) is 144 cm³/mol. The highest BCUT2D eigenvalue weighted by Gasteiger charge is 2.33. The smallest absolute Gasteiger partial charge is 0.274 e. The SMILES string of the molecule is C[C@@H]1CN(Cc2ccc(C(=O)NO)cc2)C[C@H](C)N1C(=O)c1ccc(CN2CCN(S(C)(=O)=O)CC2)cc1. The molecule has 0 aromatic heterocycles. The summed E-state index contributed by atoms with van der Waals surface area (Å²) in [5.74, 6) is -0.510. The van der Waals surface area contributed by atoms with Crippen LogP contribution in [0, 0.1) is 0 Å². The number of amides is 2. The Morgan fingerprint density at radius 3 is 1.76 bits per heavy atom. The Morgan fingerprint density at radius 2 is 1.29 bits per heavy atom. The van der Waals surface area contributed by atoms with E-state index in [0.29, 0.717) is 43.9 Å². The standard InChI is InChI=1S/C27H37N5O5S/c1-20-16-30(19-23-4-8-24(9-5-23)26(33)28-35)17-21(2)32(20)27(34)25-10-6-22(7-11-25)18-29-12-14-31(15-13-29)38(3,36)37/h4-11,20-21,35H,12-19H2,1-3H3,(H,28,33)/t20-,21+. The maximum atomic E-state index is 13.4. The van der Waals surface area contributed by atoms with Gasteiger partial charge < -0.3 is 4.90 Å². The molecule has 2 heterocycles. The summed E-state index contributed by atoms with van der Waals surface area (Å²) in [7, 11) is -3.14. The molecule has 38 heavy (non-hydrogen) atoms. The largest absolute Gasteiger partial charge is 0.331 e. The Hall–Kier alpha value is -2.83. The summed E-state index contributed by atoms with van der Waals surface area (Å²) in [6.07, 6.45) is 1.25. The van der Waals surface area contributed by atoms with Gasteiger partial charge >= 0.3 is 0 Å². The van der Waals surface area contributed by atoms with E-state index in [-0.39, 0.29) is 18.0 Å². The summed E-state index contributed by atoms with van der Waals surface area (Å²) in [6.45, 7) is 9.45. The highest BCUT2D eigenvalue weighted by molar-refractivity contribution is 7.88. The lowest BCUT2D eigenvalue weighted by Gasteiger charge is -2.44. The zero-order valence-corrected chi connectivity index (χ0v) is 23.0. The first-order valence-electron chi connectivity index (χ1n) is 12.9. The molecular weight excluding hydrogens is 506 g/mol. The van der Waals surface area contributed by atoms with Crippen molar-refractivity contribution in [2.24, 2.45) is 0 Å². The van der Waals surface area contributed by atoms with E-state index in [1.54, 1.807) is 17.6 Å². The number of carbonyl (C=O) groups is 2.